The van der Waals surface area contributed by atoms with Crippen molar-refractivity contribution in [3.63, 3.8) is 0 Å². The van der Waals surface area contributed by atoms with Crippen LogP contribution in [0.15, 0.2) is 115 Å². The molecular formula is C46H43N. The van der Waals surface area contributed by atoms with Gasteiger partial charge in [0.1, 0.15) is 0 Å². The maximum absolute atomic E-state index is 2.67. The van der Waals surface area contributed by atoms with Crippen molar-refractivity contribution in [2.45, 2.75) is 75.0 Å². The molecule has 0 N–H and O–H groups in total. The van der Waals surface area contributed by atoms with Crippen LogP contribution in [0.25, 0.3) is 22.3 Å². The predicted octanol–water partition coefficient (Wildman–Crippen LogP) is 12.1. The number of fused-ring (bicyclic) bond motifs is 8. The van der Waals surface area contributed by atoms with Gasteiger partial charge in [0.15, 0.2) is 0 Å². The molecule has 4 bridgehead atoms. The lowest BCUT2D eigenvalue weighted by Crippen LogP contribution is -2.55. The Hall–Kier alpha value is -4.10. The lowest BCUT2D eigenvalue weighted by Gasteiger charge is -2.61. The Balaban J connectivity index is 1.15. The topological polar surface area (TPSA) is 3.24 Å². The Morgan fingerprint density at radius 3 is 1.87 bits per heavy atom. The third-order valence-corrected chi connectivity index (χ3v) is 14.0. The third-order valence-electron chi connectivity index (χ3n) is 14.0. The summed E-state index contributed by atoms with van der Waals surface area (Å²) < 4.78 is 0. The van der Waals surface area contributed by atoms with Gasteiger partial charge in [-0.15, -0.1) is 0 Å². The van der Waals surface area contributed by atoms with E-state index in [0.29, 0.717) is 0 Å². The molecule has 0 aliphatic heterocycles. The van der Waals surface area contributed by atoms with Gasteiger partial charge in [0.2, 0.25) is 0 Å². The van der Waals surface area contributed by atoms with Crippen molar-refractivity contribution < 1.29 is 0 Å². The number of nitrogens with zero attached hydrogens (tertiary/aromatic N) is 1. The van der Waals surface area contributed by atoms with Crippen LogP contribution in [-0.4, -0.2) is 0 Å². The number of benzene rings is 5. The Bertz CT molecular complexity index is 2020. The quantitative estimate of drug-likeness (QED) is 0.197. The van der Waals surface area contributed by atoms with Crippen molar-refractivity contribution in [3.05, 3.63) is 138 Å². The van der Waals surface area contributed by atoms with Gasteiger partial charge in [-0.3, -0.25) is 0 Å². The van der Waals surface area contributed by atoms with E-state index in [4.69, 9.17) is 0 Å². The summed E-state index contributed by atoms with van der Waals surface area (Å²) in [7, 11) is 0. The van der Waals surface area contributed by atoms with E-state index >= 15 is 0 Å². The van der Waals surface area contributed by atoms with E-state index in [1.807, 2.05) is 0 Å². The van der Waals surface area contributed by atoms with Crippen LogP contribution in [-0.2, 0) is 10.8 Å². The summed E-state index contributed by atoms with van der Waals surface area (Å²) in [4.78, 5) is 2.62. The van der Waals surface area contributed by atoms with Crippen molar-refractivity contribution in [1.82, 2.24) is 0 Å². The molecule has 0 saturated heterocycles. The molecule has 0 atom stereocenters. The molecule has 7 aliphatic rings. The summed E-state index contributed by atoms with van der Waals surface area (Å²) in [5.74, 6) is 3.42. The van der Waals surface area contributed by atoms with Gasteiger partial charge in [0, 0.05) is 27.8 Å². The molecular weight excluding hydrogens is 567 g/mol. The highest BCUT2D eigenvalue weighted by Crippen LogP contribution is 2.70. The normalized spacial score (nSPS) is 28.3. The summed E-state index contributed by atoms with van der Waals surface area (Å²) in [6.07, 6.45) is 13.7. The zero-order valence-electron chi connectivity index (χ0n) is 27.3. The second-order valence-corrected chi connectivity index (χ2v) is 16.0. The van der Waals surface area contributed by atoms with Crippen LogP contribution in [0.3, 0.4) is 0 Å². The molecule has 0 amide bonds. The predicted molar refractivity (Wildman–Crippen MR) is 194 cm³/mol. The molecule has 2 spiro atoms. The van der Waals surface area contributed by atoms with Gasteiger partial charge in [-0.2, -0.15) is 0 Å². The standard InChI is InChI=1S/C46H43N/c1-3-12-34(13-4-1)47(43-19-11-18-41-44(43)38-15-6-7-16-39(38)45(41)22-9-2-10-23-45)35-20-21-37-36-14-5-8-17-40(36)46(42(37)29-35)32-25-30-24-31(27-32)28-33(46)26-30/h1,3-8,11-21,29-33H,2,9-10,22-28H2. The SMILES string of the molecule is c1ccc(N(c2ccc3c(c2)C2(c4ccccc4-3)C3CC4CC(C3)CC2C4)c2cccc3c2-c2ccccc2C32CCCCC2)cc1. The van der Waals surface area contributed by atoms with Crippen LogP contribution < -0.4 is 4.90 Å². The molecule has 0 aromatic heterocycles. The number of para-hydroxylation sites is 1. The lowest BCUT2D eigenvalue weighted by molar-refractivity contribution is -0.0399. The molecule has 0 heterocycles. The van der Waals surface area contributed by atoms with E-state index in [0.717, 1.165) is 23.7 Å². The highest BCUT2D eigenvalue weighted by Gasteiger charge is 2.61. The zero-order valence-corrected chi connectivity index (χ0v) is 27.3. The van der Waals surface area contributed by atoms with Gasteiger partial charge in [-0.25, -0.2) is 0 Å². The molecule has 7 aliphatic carbocycles. The first-order valence-electron chi connectivity index (χ1n) is 18.6. The van der Waals surface area contributed by atoms with E-state index in [-0.39, 0.29) is 10.8 Å². The fourth-order valence-electron chi connectivity index (χ4n) is 12.6. The smallest absolute Gasteiger partial charge is 0.0543 e. The first-order chi connectivity index (χ1) is 23.3. The molecule has 232 valence electrons. The van der Waals surface area contributed by atoms with Crippen molar-refractivity contribution >= 4 is 17.1 Å². The first-order valence-corrected chi connectivity index (χ1v) is 18.6. The van der Waals surface area contributed by atoms with Crippen LogP contribution in [0.5, 0.6) is 0 Å². The van der Waals surface area contributed by atoms with E-state index in [1.54, 1.807) is 22.3 Å². The number of anilines is 3. The Kier molecular flexibility index (Phi) is 5.57. The van der Waals surface area contributed by atoms with Crippen molar-refractivity contribution in [2.75, 3.05) is 4.90 Å². The van der Waals surface area contributed by atoms with E-state index in [9.17, 15) is 0 Å². The van der Waals surface area contributed by atoms with Gasteiger partial charge < -0.3 is 4.90 Å². The highest BCUT2D eigenvalue weighted by molar-refractivity contribution is 5.96. The fraction of sp³-hybridized carbons (Fsp3) is 0.348. The largest absolute Gasteiger partial charge is 0.310 e. The van der Waals surface area contributed by atoms with Crippen LogP contribution in [0.1, 0.15) is 86.5 Å². The first kappa shape index (κ1) is 26.9. The van der Waals surface area contributed by atoms with Gasteiger partial charge in [0.25, 0.3) is 0 Å². The fourth-order valence-corrected chi connectivity index (χ4v) is 12.6. The molecule has 5 aromatic carbocycles. The Morgan fingerprint density at radius 2 is 1.11 bits per heavy atom. The number of hydrogen-bond acceptors (Lipinski definition) is 1. The molecule has 0 radical (unpaired) electrons. The van der Waals surface area contributed by atoms with Crippen molar-refractivity contribution in [3.8, 4) is 22.3 Å². The van der Waals surface area contributed by atoms with Gasteiger partial charge in [-0.05, 0) is 138 Å². The maximum Gasteiger partial charge on any atom is 0.0543 e. The van der Waals surface area contributed by atoms with Crippen LogP contribution in [0.4, 0.5) is 17.1 Å². The van der Waals surface area contributed by atoms with E-state index in [1.165, 1.54) is 104 Å². The van der Waals surface area contributed by atoms with Crippen LogP contribution in [0.2, 0.25) is 0 Å². The minimum atomic E-state index is 0.145. The average Bonchev–Trinajstić information content (AvgIpc) is 3.56. The van der Waals surface area contributed by atoms with Gasteiger partial charge >= 0.3 is 0 Å². The molecule has 47 heavy (non-hydrogen) atoms. The molecule has 5 saturated carbocycles. The second kappa shape index (κ2) is 9.72. The number of hydrogen-bond donors (Lipinski definition) is 0. The molecule has 1 heteroatoms. The Labute approximate surface area is 279 Å². The molecule has 12 rings (SSSR count). The van der Waals surface area contributed by atoms with Gasteiger partial charge in [0.05, 0.1) is 5.69 Å². The second-order valence-electron chi connectivity index (χ2n) is 16.0. The third kappa shape index (κ3) is 3.46. The Morgan fingerprint density at radius 1 is 0.468 bits per heavy atom. The summed E-state index contributed by atoms with van der Waals surface area (Å²) in [6.45, 7) is 0. The minimum absolute atomic E-state index is 0.145. The van der Waals surface area contributed by atoms with Crippen LogP contribution in [0, 0.1) is 23.7 Å². The van der Waals surface area contributed by atoms with Gasteiger partial charge in [-0.1, -0.05) is 104 Å². The molecule has 1 nitrogen and oxygen atoms in total. The summed E-state index contributed by atoms with van der Waals surface area (Å²) in [5, 5.41) is 0. The summed E-state index contributed by atoms with van der Waals surface area (Å²) in [6, 6.07) is 45.0. The average molecular weight is 610 g/mol. The number of rotatable bonds is 3. The zero-order chi connectivity index (χ0) is 30.7. The molecule has 5 aromatic rings. The molecule has 0 unspecified atom stereocenters. The molecule has 5 fully saturated rings. The lowest BCUT2D eigenvalue weighted by atomic mass is 9.43. The summed E-state index contributed by atoms with van der Waals surface area (Å²) >= 11 is 0. The van der Waals surface area contributed by atoms with E-state index in [2.05, 4.69) is 120 Å². The highest BCUT2D eigenvalue weighted by atomic mass is 15.1. The maximum atomic E-state index is 2.67. The van der Waals surface area contributed by atoms with Crippen LogP contribution >= 0.6 is 0 Å². The summed E-state index contributed by atoms with van der Waals surface area (Å²) in [5.41, 5.74) is 16.5. The monoisotopic (exact) mass is 609 g/mol. The van der Waals surface area contributed by atoms with Crippen molar-refractivity contribution in [1.29, 1.82) is 0 Å². The minimum Gasteiger partial charge on any atom is -0.310 e. The van der Waals surface area contributed by atoms with E-state index < -0.39 is 0 Å². The van der Waals surface area contributed by atoms with Crippen molar-refractivity contribution in [2.24, 2.45) is 23.7 Å².